The van der Waals surface area contributed by atoms with E-state index in [1.54, 1.807) is 35.5 Å². The van der Waals surface area contributed by atoms with E-state index in [2.05, 4.69) is 20.4 Å². The first-order valence-electron chi connectivity index (χ1n) is 17.6. The van der Waals surface area contributed by atoms with Gasteiger partial charge in [-0.25, -0.2) is 23.8 Å². The van der Waals surface area contributed by atoms with Crippen LogP contribution < -0.4 is 11.1 Å². The topological polar surface area (TPSA) is 174 Å². The number of carbonyl (C=O) groups excluding carboxylic acids is 4. The summed E-state index contributed by atoms with van der Waals surface area (Å²) in [5.41, 5.74) is 3.19. The monoisotopic (exact) mass is 802 g/mol. The number of nitrogen functional groups attached to an aromatic ring is 1. The number of hydrogen-bond acceptors (Lipinski definition) is 9. The molecule has 3 aromatic heterocycles. The van der Waals surface area contributed by atoms with Crippen molar-refractivity contribution >= 4 is 46.9 Å². The molecule has 298 valence electrons. The zero-order valence-electron chi connectivity index (χ0n) is 30.9. The second-order valence-electron chi connectivity index (χ2n) is 14.4. The summed E-state index contributed by atoms with van der Waals surface area (Å²) in [7, 11) is 1.34. The van der Waals surface area contributed by atoms with Crippen molar-refractivity contribution in [2.45, 2.75) is 45.4 Å². The summed E-state index contributed by atoms with van der Waals surface area (Å²) in [5, 5.41) is 6.24. The molecule has 2 aliphatic rings. The molecule has 0 bridgehead atoms. The van der Waals surface area contributed by atoms with Gasteiger partial charge in [-0.2, -0.15) is 18.3 Å². The number of anilines is 2. The van der Waals surface area contributed by atoms with E-state index in [4.69, 9.17) is 22.1 Å². The molecular weight excluding hydrogens is 764 g/mol. The fourth-order valence-electron chi connectivity index (χ4n) is 6.48. The lowest BCUT2D eigenvalue weighted by molar-refractivity contribution is -0.141. The van der Waals surface area contributed by atoms with E-state index in [9.17, 15) is 36.7 Å². The van der Waals surface area contributed by atoms with Crippen molar-refractivity contribution in [1.82, 2.24) is 39.0 Å². The Morgan fingerprint density at radius 3 is 2.20 bits per heavy atom. The zero-order chi connectivity index (χ0) is 40.7. The number of amides is 4. The molecule has 4 aromatic rings. The first kappa shape index (κ1) is 40.0. The molecule has 0 spiro atoms. The molecule has 0 aliphatic carbocycles. The quantitative estimate of drug-likeness (QED) is 0.247. The first-order chi connectivity index (χ1) is 26.3. The van der Waals surface area contributed by atoms with Crippen LogP contribution in [0.5, 0.6) is 0 Å². The zero-order valence-corrected chi connectivity index (χ0v) is 31.6. The van der Waals surface area contributed by atoms with Gasteiger partial charge in [0, 0.05) is 70.2 Å². The Morgan fingerprint density at radius 2 is 1.59 bits per heavy atom. The van der Waals surface area contributed by atoms with Gasteiger partial charge in [-0.3, -0.25) is 14.4 Å². The van der Waals surface area contributed by atoms with Crippen LogP contribution in [0.1, 0.15) is 60.3 Å². The molecule has 1 aromatic carbocycles. The highest BCUT2D eigenvalue weighted by Crippen LogP contribution is 2.37. The number of benzene rings is 1. The average molecular weight is 803 g/mol. The van der Waals surface area contributed by atoms with Gasteiger partial charge >= 0.3 is 12.3 Å². The van der Waals surface area contributed by atoms with Crippen LogP contribution in [-0.4, -0.2) is 108 Å². The number of hydrogen-bond donors (Lipinski definition) is 2. The van der Waals surface area contributed by atoms with Gasteiger partial charge in [-0.15, -0.1) is 0 Å². The molecule has 0 saturated carbocycles. The maximum absolute atomic E-state index is 14.1. The van der Waals surface area contributed by atoms with Crippen molar-refractivity contribution in [2.75, 3.05) is 50.3 Å². The highest BCUT2D eigenvalue weighted by atomic mass is 35.5. The predicted octanol–water partition coefficient (Wildman–Crippen LogP) is 5.25. The maximum atomic E-state index is 14.1. The molecule has 0 radical (unpaired) electrons. The molecule has 2 fully saturated rings. The number of piperazine rings is 1. The predicted molar refractivity (Wildman–Crippen MR) is 195 cm³/mol. The van der Waals surface area contributed by atoms with Crippen LogP contribution in [0.25, 0.3) is 16.9 Å². The van der Waals surface area contributed by atoms with Gasteiger partial charge < -0.3 is 35.1 Å². The fraction of sp³-hybridized carbons (Fsp3) is 0.417. The third-order valence-electron chi connectivity index (χ3n) is 9.40. The summed E-state index contributed by atoms with van der Waals surface area (Å²) < 4.78 is 63.6. The number of ether oxygens (including phenoxy) is 1. The molecule has 0 unspecified atom stereocenters. The SMILES string of the molecule is Cn1c(-c2cn(-c3cnc(N)c(F)c3)nc2C(F)(F)F)cnc1C(=O)Nc1ccc(C(=O)N2CCN(C(=O)C3CCN(C(=O)OC(C)(C)C)CC3)CC2)c(Cl)c1. The molecule has 2 aliphatic heterocycles. The van der Waals surface area contributed by atoms with E-state index < -0.39 is 46.7 Å². The van der Waals surface area contributed by atoms with Crippen LogP contribution in [0.2, 0.25) is 5.02 Å². The van der Waals surface area contributed by atoms with Gasteiger partial charge in [0.15, 0.2) is 23.2 Å². The van der Waals surface area contributed by atoms with Crippen LogP contribution in [0.4, 0.5) is 33.9 Å². The van der Waals surface area contributed by atoms with Crippen molar-refractivity contribution < 1.29 is 41.5 Å². The Morgan fingerprint density at radius 1 is 0.929 bits per heavy atom. The van der Waals surface area contributed by atoms with Crippen molar-refractivity contribution in [3.8, 4) is 16.9 Å². The number of pyridine rings is 1. The first-order valence-corrected chi connectivity index (χ1v) is 18.0. The number of nitrogens with one attached hydrogen (secondary N) is 1. The van der Waals surface area contributed by atoms with Gasteiger partial charge in [0.1, 0.15) is 5.60 Å². The van der Waals surface area contributed by atoms with Crippen molar-refractivity contribution in [3.05, 3.63) is 70.8 Å². The summed E-state index contributed by atoms with van der Waals surface area (Å²) in [6, 6.07) is 5.15. The van der Waals surface area contributed by atoms with E-state index in [1.807, 2.05) is 0 Å². The molecule has 56 heavy (non-hydrogen) atoms. The van der Waals surface area contributed by atoms with Crippen LogP contribution in [0, 0.1) is 11.7 Å². The number of nitrogens with two attached hydrogens (primary N) is 1. The van der Waals surface area contributed by atoms with Gasteiger partial charge in [-0.1, -0.05) is 11.6 Å². The Labute approximate surface area is 323 Å². The van der Waals surface area contributed by atoms with E-state index in [1.165, 1.54) is 25.2 Å². The normalized spacial score (nSPS) is 15.6. The van der Waals surface area contributed by atoms with Gasteiger partial charge in [0.2, 0.25) is 5.91 Å². The minimum Gasteiger partial charge on any atom is -0.444 e. The molecule has 5 heterocycles. The lowest BCUT2D eigenvalue weighted by atomic mass is 9.95. The summed E-state index contributed by atoms with van der Waals surface area (Å²) >= 11 is 6.50. The minimum absolute atomic E-state index is 0.0119. The second-order valence-corrected chi connectivity index (χ2v) is 14.8. The molecule has 4 amide bonds. The van der Waals surface area contributed by atoms with E-state index in [0.29, 0.717) is 39.0 Å². The molecular formula is C36H39ClF4N10O5. The van der Waals surface area contributed by atoms with Gasteiger partial charge in [0.25, 0.3) is 11.8 Å². The molecule has 0 atom stereocenters. The lowest BCUT2D eigenvalue weighted by Crippen LogP contribution is -2.53. The number of likely N-dealkylation sites (tertiary alicyclic amines) is 1. The number of alkyl halides is 3. The van der Waals surface area contributed by atoms with Crippen molar-refractivity contribution in [1.29, 1.82) is 0 Å². The number of carbonyl (C=O) groups is 4. The smallest absolute Gasteiger partial charge is 0.435 e. The number of nitrogens with zero attached hydrogens (tertiary/aromatic N) is 8. The third-order valence-corrected chi connectivity index (χ3v) is 9.71. The molecule has 15 nitrogen and oxygen atoms in total. The molecule has 20 heteroatoms. The largest absolute Gasteiger partial charge is 0.444 e. The maximum Gasteiger partial charge on any atom is 0.435 e. The van der Waals surface area contributed by atoms with Crippen LogP contribution in [0.15, 0.2) is 42.9 Å². The highest BCUT2D eigenvalue weighted by Gasteiger charge is 2.39. The highest BCUT2D eigenvalue weighted by molar-refractivity contribution is 6.34. The van der Waals surface area contributed by atoms with Crippen LogP contribution >= 0.6 is 11.6 Å². The Kier molecular flexibility index (Phi) is 11.0. The van der Waals surface area contributed by atoms with E-state index in [-0.39, 0.29) is 64.3 Å². The summed E-state index contributed by atoms with van der Waals surface area (Å²) in [4.78, 5) is 64.9. The Balaban J connectivity index is 1.06. The van der Waals surface area contributed by atoms with Crippen molar-refractivity contribution in [3.63, 3.8) is 0 Å². The summed E-state index contributed by atoms with van der Waals surface area (Å²) in [5.74, 6) is -3.01. The number of halogens is 5. The van der Waals surface area contributed by atoms with E-state index >= 15 is 0 Å². The van der Waals surface area contributed by atoms with Crippen LogP contribution in [-0.2, 0) is 22.8 Å². The molecule has 6 rings (SSSR count). The number of imidazole rings is 1. The number of piperidine rings is 1. The minimum atomic E-state index is -4.92. The number of rotatable bonds is 6. The Bertz CT molecular complexity index is 2170. The third kappa shape index (κ3) is 8.56. The second kappa shape index (κ2) is 15.4. The lowest BCUT2D eigenvalue weighted by Gasteiger charge is -2.38. The fourth-order valence-corrected chi connectivity index (χ4v) is 6.75. The Hall–Kier alpha value is -5.72. The summed E-state index contributed by atoms with van der Waals surface area (Å²) in [6.07, 6.45) is -1.12. The van der Waals surface area contributed by atoms with Crippen LogP contribution in [0.3, 0.4) is 0 Å². The summed E-state index contributed by atoms with van der Waals surface area (Å²) in [6.45, 7) is 7.46. The standard InChI is InChI=1S/C36H39ClF4N10O5/c1-35(2,3)56-34(55)50-9-7-20(8-10-50)32(53)48-11-13-49(14-12-48)33(54)23-6-5-21(15-25(23)37)45-31(52)30-44-18-27(47(30)4)24-19-51(46-28(24)36(39,40)41)22-16-26(38)29(42)43-17-22/h5-6,15-20H,7-14H2,1-4H3,(H2,42,43)(H,45,52). The van der Waals surface area contributed by atoms with Crippen molar-refractivity contribution in [2.24, 2.45) is 13.0 Å². The van der Waals surface area contributed by atoms with Gasteiger partial charge in [0.05, 0.1) is 39.9 Å². The average Bonchev–Trinajstić information content (AvgIpc) is 3.76. The van der Waals surface area contributed by atoms with Gasteiger partial charge in [-0.05, 0) is 51.8 Å². The molecule has 3 N–H and O–H groups in total. The van der Waals surface area contributed by atoms with E-state index in [0.717, 1.165) is 33.9 Å². The number of aromatic nitrogens is 5. The molecule has 2 saturated heterocycles.